The second-order valence-corrected chi connectivity index (χ2v) is 8.16. The van der Waals surface area contributed by atoms with Crippen LogP contribution < -0.4 is 16.6 Å². The largest absolute Gasteiger partial charge is 0.336 e. The van der Waals surface area contributed by atoms with E-state index >= 15 is 0 Å². The summed E-state index contributed by atoms with van der Waals surface area (Å²) in [5.41, 5.74) is -0.534. The average molecular weight is 400 g/mol. The molecule has 0 spiro atoms. The standard InChI is InChI=1S/C17H22F2N4O3S/c1-9(2)6-22-14(24)13-10(3)11(7-21-5-4-20-16(21)25)27-15(13)23(17(22)26)8-12(18)19/h9,12H,4-8H2,1-3H3,(H,20,25). The molecule has 10 heteroatoms. The third-order valence-electron chi connectivity index (χ3n) is 4.54. The van der Waals surface area contributed by atoms with Crippen molar-refractivity contribution in [2.75, 3.05) is 13.1 Å². The van der Waals surface area contributed by atoms with Gasteiger partial charge in [-0.15, -0.1) is 11.3 Å². The van der Waals surface area contributed by atoms with Crippen molar-refractivity contribution in [2.45, 2.75) is 46.8 Å². The van der Waals surface area contributed by atoms with Crippen molar-refractivity contribution in [1.82, 2.24) is 19.4 Å². The highest BCUT2D eigenvalue weighted by Crippen LogP contribution is 2.29. The lowest BCUT2D eigenvalue weighted by molar-refractivity contribution is 0.126. The van der Waals surface area contributed by atoms with Crippen LogP contribution in [0, 0.1) is 12.8 Å². The summed E-state index contributed by atoms with van der Waals surface area (Å²) in [6.45, 7) is 6.20. The number of nitrogens with zero attached hydrogens (tertiary/aromatic N) is 3. The zero-order chi connectivity index (χ0) is 19.9. The number of fused-ring (bicyclic) bond motifs is 1. The van der Waals surface area contributed by atoms with Crippen LogP contribution in [-0.2, 0) is 19.6 Å². The van der Waals surface area contributed by atoms with Crippen LogP contribution in [0.3, 0.4) is 0 Å². The molecule has 2 amide bonds. The molecule has 0 aliphatic carbocycles. The van der Waals surface area contributed by atoms with E-state index < -0.39 is 24.2 Å². The number of alkyl halides is 2. The lowest BCUT2D eigenvalue weighted by Crippen LogP contribution is -2.41. The first kappa shape index (κ1) is 19.5. The predicted octanol–water partition coefficient (Wildman–Crippen LogP) is 1.98. The first-order valence-electron chi connectivity index (χ1n) is 8.77. The van der Waals surface area contributed by atoms with Gasteiger partial charge in [-0.1, -0.05) is 13.8 Å². The molecule has 0 saturated carbocycles. The third kappa shape index (κ3) is 3.62. The van der Waals surface area contributed by atoms with Crippen LogP contribution in [0.2, 0.25) is 0 Å². The van der Waals surface area contributed by atoms with E-state index in [4.69, 9.17) is 0 Å². The molecule has 2 aromatic rings. The van der Waals surface area contributed by atoms with Crippen molar-refractivity contribution in [3.05, 3.63) is 31.3 Å². The van der Waals surface area contributed by atoms with Gasteiger partial charge < -0.3 is 10.2 Å². The van der Waals surface area contributed by atoms with Crippen LogP contribution in [-0.4, -0.2) is 39.6 Å². The van der Waals surface area contributed by atoms with Crippen LogP contribution in [0.15, 0.2) is 9.59 Å². The summed E-state index contributed by atoms with van der Waals surface area (Å²) < 4.78 is 28.2. The number of amides is 2. The Morgan fingerprint density at radius 2 is 1.85 bits per heavy atom. The fourth-order valence-corrected chi connectivity index (χ4v) is 4.57. The molecule has 0 bridgehead atoms. The molecule has 2 aromatic heterocycles. The van der Waals surface area contributed by atoms with E-state index in [9.17, 15) is 23.2 Å². The van der Waals surface area contributed by atoms with Gasteiger partial charge in [-0.2, -0.15) is 0 Å². The van der Waals surface area contributed by atoms with Gasteiger partial charge in [-0.05, 0) is 18.4 Å². The Hall–Kier alpha value is -2.23. The Balaban J connectivity index is 2.21. The molecule has 148 valence electrons. The normalized spacial score (nSPS) is 14.8. The number of aromatic nitrogens is 2. The molecule has 1 aliphatic rings. The number of hydrogen-bond acceptors (Lipinski definition) is 4. The maximum atomic E-state index is 13.1. The minimum absolute atomic E-state index is 0.0135. The van der Waals surface area contributed by atoms with Gasteiger partial charge in [0.2, 0.25) is 0 Å². The summed E-state index contributed by atoms with van der Waals surface area (Å²) in [6.07, 6.45) is -2.72. The number of carbonyl (C=O) groups excluding carboxylic acids is 1. The predicted molar refractivity (Wildman–Crippen MR) is 99.7 cm³/mol. The Morgan fingerprint density at radius 3 is 2.41 bits per heavy atom. The van der Waals surface area contributed by atoms with E-state index in [1.54, 1.807) is 11.8 Å². The highest BCUT2D eigenvalue weighted by Gasteiger charge is 2.25. The second-order valence-electron chi connectivity index (χ2n) is 7.08. The summed E-state index contributed by atoms with van der Waals surface area (Å²) >= 11 is 1.13. The zero-order valence-electron chi connectivity index (χ0n) is 15.4. The zero-order valence-corrected chi connectivity index (χ0v) is 16.2. The van der Waals surface area contributed by atoms with Crippen LogP contribution in [0.25, 0.3) is 10.2 Å². The van der Waals surface area contributed by atoms with Crippen molar-refractivity contribution in [3.63, 3.8) is 0 Å². The molecule has 1 saturated heterocycles. The van der Waals surface area contributed by atoms with E-state index in [0.29, 0.717) is 18.7 Å². The number of halogens is 2. The van der Waals surface area contributed by atoms with Gasteiger partial charge in [0.25, 0.3) is 12.0 Å². The van der Waals surface area contributed by atoms with E-state index in [0.717, 1.165) is 25.3 Å². The van der Waals surface area contributed by atoms with E-state index in [2.05, 4.69) is 5.32 Å². The molecule has 3 heterocycles. The number of nitrogens with one attached hydrogen (secondary N) is 1. The SMILES string of the molecule is Cc1c(CN2CCNC2=O)sc2c1c(=O)n(CC(C)C)c(=O)n2CC(F)F. The summed E-state index contributed by atoms with van der Waals surface area (Å²) in [7, 11) is 0. The van der Waals surface area contributed by atoms with Crippen LogP contribution in [0.4, 0.5) is 13.6 Å². The smallest absolute Gasteiger partial charge is 0.332 e. The lowest BCUT2D eigenvalue weighted by Gasteiger charge is -2.13. The number of carbonyl (C=O) groups is 1. The highest BCUT2D eigenvalue weighted by molar-refractivity contribution is 7.18. The quantitative estimate of drug-likeness (QED) is 0.806. The monoisotopic (exact) mass is 400 g/mol. The molecule has 0 aromatic carbocycles. The molecule has 7 nitrogen and oxygen atoms in total. The minimum Gasteiger partial charge on any atom is -0.336 e. The Kier molecular flexibility index (Phi) is 5.36. The molecule has 0 unspecified atom stereocenters. The van der Waals surface area contributed by atoms with Crippen molar-refractivity contribution in [1.29, 1.82) is 0 Å². The van der Waals surface area contributed by atoms with Crippen molar-refractivity contribution >= 4 is 27.6 Å². The molecule has 3 rings (SSSR count). The molecule has 1 fully saturated rings. The number of rotatable bonds is 6. The van der Waals surface area contributed by atoms with Gasteiger partial charge in [0.05, 0.1) is 18.5 Å². The maximum absolute atomic E-state index is 13.1. The Bertz CT molecular complexity index is 993. The van der Waals surface area contributed by atoms with Crippen LogP contribution in [0.5, 0.6) is 0 Å². The summed E-state index contributed by atoms with van der Waals surface area (Å²) in [5.74, 6) is 0.0135. The third-order valence-corrected chi connectivity index (χ3v) is 5.84. The van der Waals surface area contributed by atoms with Crippen LogP contribution >= 0.6 is 11.3 Å². The van der Waals surface area contributed by atoms with Crippen molar-refractivity contribution < 1.29 is 13.6 Å². The van der Waals surface area contributed by atoms with Gasteiger partial charge in [0, 0.05) is 24.5 Å². The maximum Gasteiger partial charge on any atom is 0.332 e. The van der Waals surface area contributed by atoms with Crippen LogP contribution in [0.1, 0.15) is 24.3 Å². The summed E-state index contributed by atoms with van der Waals surface area (Å²) in [6, 6.07) is -0.200. The number of hydrogen-bond donors (Lipinski definition) is 1. The molecule has 1 N–H and O–H groups in total. The fraction of sp³-hybridized carbons (Fsp3) is 0.588. The highest BCUT2D eigenvalue weighted by atomic mass is 32.1. The van der Waals surface area contributed by atoms with Crippen molar-refractivity contribution in [2.24, 2.45) is 5.92 Å². The first-order valence-corrected chi connectivity index (χ1v) is 9.58. The van der Waals surface area contributed by atoms with E-state index in [1.807, 2.05) is 13.8 Å². The Labute approximate surface area is 158 Å². The molecule has 27 heavy (non-hydrogen) atoms. The number of aryl methyl sites for hydroxylation is 1. The Morgan fingerprint density at radius 1 is 1.15 bits per heavy atom. The molecular weight excluding hydrogens is 378 g/mol. The number of urea groups is 1. The second kappa shape index (κ2) is 7.41. The van der Waals surface area contributed by atoms with Crippen molar-refractivity contribution in [3.8, 4) is 0 Å². The van der Waals surface area contributed by atoms with Gasteiger partial charge >= 0.3 is 11.7 Å². The number of thiophene rings is 1. The van der Waals surface area contributed by atoms with E-state index in [1.165, 1.54) is 0 Å². The molecule has 0 radical (unpaired) electrons. The van der Waals surface area contributed by atoms with Gasteiger partial charge in [0.1, 0.15) is 4.83 Å². The topological polar surface area (TPSA) is 76.3 Å². The minimum atomic E-state index is -2.72. The summed E-state index contributed by atoms with van der Waals surface area (Å²) in [4.78, 5) is 40.0. The van der Waals surface area contributed by atoms with Gasteiger partial charge in [-0.25, -0.2) is 18.4 Å². The lowest BCUT2D eigenvalue weighted by atomic mass is 10.2. The van der Waals surface area contributed by atoms with E-state index in [-0.39, 0.29) is 35.3 Å². The fourth-order valence-electron chi connectivity index (χ4n) is 3.25. The van der Waals surface area contributed by atoms with Gasteiger partial charge in [-0.3, -0.25) is 13.9 Å². The van der Waals surface area contributed by atoms with Gasteiger partial charge in [0.15, 0.2) is 0 Å². The molecule has 1 aliphatic heterocycles. The summed E-state index contributed by atoms with van der Waals surface area (Å²) in [5, 5.41) is 2.99. The average Bonchev–Trinajstić information content (AvgIpc) is 3.12. The molecule has 0 atom stereocenters. The molecular formula is C17H22F2N4O3S. The first-order chi connectivity index (χ1) is 12.7.